The van der Waals surface area contributed by atoms with E-state index in [2.05, 4.69) is 5.32 Å². The molecule has 0 spiro atoms. The molecule has 4 N–H and O–H groups in total. The summed E-state index contributed by atoms with van der Waals surface area (Å²) < 4.78 is 28.1. The number of aliphatic hydroxyl groups is 1. The van der Waals surface area contributed by atoms with Crippen molar-refractivity contribution in [2.24, 2.45) is 11.1 Å². The first-order chi connectivity index (χ1) is 11.6. The quantitative estimate of drug-likeness (QED) is 0.602. The van der Waals surface area contributed by atoms with Crippen LogP contribution in [-0.2, 0) is 14.4 Å². The summed E-state index contributed by atoms with van der Waals surface area (Å²) in [5.41, 5.74) is 2.33. The standard InChI is InChI=1S/C17H26F2N2O4/c1-10(22)21-12(8-17(19)4-2-3-5-17)13(23)9-16(6-11(18)7-16)14(24)15(20)25/h11-12,14,24H,2-9H2,1H3,(H2,20,25)(H,21,22)/t11?,12-,14?,16?/m0/s1. The lowest BCUT2D eigenvalue weighted by Crippen LogP contribution is -2.56. The van der Waals surface area contributed by atoms with Crippen LogP contribution in [0.5, 0.6) is 0 Å². The molecule has 0 radical (unpaired) electrons. The van der Waals surface area contributed by atoms with Gasteiger partial charge in [0.1, 0.15) is 17.9 Å². The van der Waals surface area contributed by atoms with Gasteiger partial charge in [0.05, 0.1) is 6.04 Å². The van der Waals surface area contributed by atoms with Gasteiger partial charge in [0, 0.05) is 25.2 Å². The third-order valence-electron chi connectivity index (χ3n) is 5.47. The van der Waals surface area contributed by atoms with Gasteiger partial charge in [-0.3, -0.25) is 14.4 Å². The Labute approximate surface area is 145 Å². The molecule has 2 fully saturated rings. The van der Waals surface area contributed by atoms with Gasteiger partial charge in [0.25, 0.3) is 0 Å². The Bertz CT molecular complexity index is 543. The van der Waals surface area contributed by atoms with E-state index in [-0.39, 0.29) is 25.7 Å². The highest BCUT2D eigenvalue weighted by Crippen LogP contribution is 2.49. The fourth-order valence-corrected chi connectivity index (χ4v) is 4.13. The van der Waals surface area contributed by atoms with E-state index in [1.165, 1.54) is 6.92 Å². The Kier molecular flexibility index (Phi) is 5.81. The van der Waals surface area contributed by atoms with Gasteiger partial charge >= 0.3 is 0 Å². The second-order valence-corrected chi connectivity index (χ2v) is 7.63. The fourth-order valence-electron chi connectivity index (χ4n) is 4.13. The molecule has 2 saturated carbocycles. The Hall–Kier alpha value is -1.57. The number of carbonyl (C=O) groups excluding carboxylic acids is 3. The van der Waals surface area contributed by atoms with Gasteiger partial charge in [0.2, 0.25) is 11.8 Å². The van der Waals surface area contributed by atoms with Gasteiger partial charge in [-0.1, -0.05) is 12.8 Å². The molecule has 2 aliphatic carbocycles. The molecule has 1 unspecified atom stereocenters. The Morgan fingerprint density at radius 1 is 1.28 bits per heavy atom. The Morgan fingerprint density at radius 2 is 1.84 bits per heavy atom. The van der Waals surface area contributed by atoms with Crippen molar-refractivity contribution in [2.45, 2.75) is 82.3 Å². The number of alkyl halides is 2. The van der Waals surface area contributed by atoms with Crippen molar-refractivity contribution in [3.05, 3.63) is 0 Å². The number of aliphatic hydroxyl groups excluding tert-OH is 1. The number of nitrogens with two attached hydrogens (primary N) is 1. The van der Waals surface area contributed by atoms with Crippen molar-refractivity contribution in [3.63, 3.8) is 0 Å². The highest BCUT2D eigenvalue weighted by atomic mass is 19.1. The van der Waals surface area contributed by atoms with Gasteiger partial charge in [-0.15, -0.1) is 0 Å². The fraction of sp³-hybridized carbons (Fsp3) is 0.824. The maximum atomic E-state index is 14.8. The molecule has 6 nitrogen and oxygen atoms in total. The summed E-state index contributed by atoms with van der Waals surface area (Å²) in [5.74, 6) is -2.00. The molecule has 0 aromatic heterocycles. The summed E-state index contributed by atoms with van der Waals surface area (Å²) in [4.78, 5) is 35.4. The number of Topliss-reactive ketones (excluding diaryl/α,β-unsaturated/α-hetero) is 1. The van der Waals surface area contributed by atoms with Gasteiger partial charge in [-0.05, 0) is 25.7 Å². The van der Waals surface area contributed by atoms with Crippen molar-refractivity contribution in [3.8, 4) is 0 Å². The minimum atomic E-state index is -1.65. The monoisotopic (exact) mass is 360 g/mol. The molecule has 0 aromatic rings. The summed E-state index contributed by atoms with van der Waals surface area (Å²) in [5, 5.41) is 12.5. The minimum absolute atomic E-state index is 0.146. The number of amides is 2. The largest absolute Gasteiger partial charge is 0.383 e. The lowest BCUT2D eigenvalue weighted by atomic mass is 9.60. The zero-order valence-corrected chi connectivity index (χ0v) is 14.4. The van der Waals surface area contributed by atoms with Crippen LogP contribution in [-0.4, -0.2) is 46.7 Å². The lowest BCUT2D eigenvalue weighted by Gasteiger charge is -2.46. The van der Waals surface area contributed by atoms with E-state index >= 15 is 0 Å². The Morgan fingerprint density at radius 3 is 2.28 bits per heavy atom. The third-order valence-corrected chi connectivity index (χ3v) is 5.47. The summed E-state index contributed by atoms with van der Waals surface area (Å²) in [6, 6.07) is -1.06. The first-order valence-electron chi connectivity index (χ1n) is 8.67. The van der Waals surface area contributed by atoms with Crippen LogP contribution in [0.3, 0.4) is 0 Å². The number of ketones is 1. The summed E-state index contributed by atoms with van der Waals surface area (Å²) >= 11 is 0. The molecular weight excluding hydrogens is 334 g/mol. The summed E-state index contributed by atoms with van der Waals surface area (Å²) in [6.45, 7) is 1.23. The van der Waals surface area contributed by atoms with Crippen molar-refractivity contribution in [1.82, 2.24) is 5.32 Å². The van der Waals surface area contributed by atoms with E-state index in [0.717, 1.165) is 12.8 Å². The van der Waals surface area contributed by atoms with Crippen LogP contribution < -0.4 is 11.1 Å². The molecule has 142 valence electrons. The van der Waals surface area contributed by atoms with Crippen LogP contribution in [0.2, 0.25) is 0 Å². The van der Waals surface area contributed by atoms with Gasteiger partial charge in [-0.2, -0.15) is 0 Å². The van der Waals surface area contributed by atoms with E-state index in [9.17, 15) is 28.3 Å². The first kappa shape index (κ1) is 19.8. The van der Waals surface area contributed by atoms with Crippen LogP contribution in [0.1, 0.15) is 58.3 Å². The third kappa shape index (κ3) is 4.54. The molecule has 2 rings (SSSR count). The number of nitrogens with one attached hydrogen (secondary N) is 1. The number of rotatable bonds is 8. The van der Waals surface area contributed by atoms with E-state index < -0.39 is 47.0 Å². The van der Waals surface area contributed by atoms with Gasteiger partial charge in [-0.25, -0.2) is 8.78 Å². The minimum Gasteiger partial charge on any atom is -0.383 e. The molecular formula is C17H26F2N2O4. The smallest absolute Gasteiger partial charge is 0.246 e. The first-order valence-corrected chi connectivity index (χ1v) is 8.67. The zero-order chi connectivity index (χ0) is 18.8. The summed E-state index contributed by atoms with van der Waals surface area (Å²) in [7, 11) is 0. The average molecular weight is 360 g/mol. The molecule has 8 heteroatoms. The zero-order valence-electron chi connectivity index (χ0n) is 14.4. The van der Waals surface area contributed by atoms with Crippen LogP contribution in [0.15, 0.2) is 0 Å². The van der Waals surface area contributed by atoms with Crippen molar-refractivity contribution >= 4 is 17.6 Å². The Balaban J connectivity index is 2.12. The normalized spacial score (nSPS) is 30.2. The second-order valence-electron chi connectivity index (χ2n) is 7.63. The van der Waals surface area contributed by atoms with Crippen LogP contribution in [0, 0.1) is 5.41 Å². The number of hydrogen-bond acceptors (Lipinski definition) is 4. The van der Waals surface area contributed by atoms with Crippen LogP contribution in [0.4, 0.5) is 8.78 Å². The molecule has 2 aliphatic rings. The van der Waals surface area contributed by atoms with Crippen molar-refractivity contribution in [2.75, 3.05) is 0 Å². The van der Waals surface area contributed by atoms with Crippen LogP contribution >= 0.6 is 0 Å². The van der Waals surface area contributed by atoms with Gasteiger partial charge < -0.3 is 16.2 Å². The number of hydrogen-bond donors (Lipinski definition) is 3. The van der Waals surface area contributed by atoms with E-state index in [0.29, 0.717) is 12.8 Å². The molecule has 2 amide bonds. The highest BCUT2D eigenvalue weighted by Gasteiger charge is 2.53. The second kappa shape index (κ2) is 7.35. The predicted molar refractivity (Wildman–Crippen MR) is 85.9 cm³/mol. The summed E-state index contributed by atoms with van der Waals surface area (Å²) in [6.07, 6.45) is -1.53. The molecule has 0 bridgehead atoms. The lowest BCUT2D eigenvalue weighted by molar-refractivity contribution is -0.150. The average Bonchev–Trinajstić information content (AvgIpc) is 2.89. The molecule has 2 atom stereocenters. The number of carbonyl (C=O) groups is 3. The van der Waals surface area contributed by atoms with Crippen molar-refractivity contribution < 1.29 is 28.3 Å². The molecule has 0 saturated heterocycles. The highest BCUT2D eigenvalue weighted by molar-refractivity contribution is 5.90. The topological polar surface area (TPSA) is 109 Å². The van der Waals surface area contributed by atoms with Gasteiger partial charge in [0.15, 0.2) is 5.78 Å². The van der Waals surface area contributed by atoms with Crippen LogP contribution in [0.25, 0.3) is 0 Å². The van der Waals surface area contributed by atoms with E-state index in [4.69, 9.17) is 5.73 Å². The maximum absolute atomic E-state index is 14.8. The molecule has 0 aliphatic heterocycles. The SMILES string of the molecule is CC(=O)N[C@@H](CC1(F)CCCC1)C(=O)CC1(C(O)C(N)=O)CC(F)C1. The molecule has 0 heterocycles. The molecule has 25 heavy (non-hydrogen) atoms. The van der Waals surface area contributed by atoms with E-state index in [1.54, 1.807) is 0 Å². The number of halogens is 2. The predicted octanol–water partition coefficient (Wildman–Crippen LogP) is 1.09. The van der Waals surface area contributed by atoms with Crippen molar-refractivity contribution in [1.29, 1.82) is 0 Å². The van der Waals surface area contributed by atoms with E-state index in [1.807, 2.05) is 0 Å². The molecule has 0 aromatic carbocycles. The number of primary amides is 1. The maximum Gasteiger partial charge on any atom is 0.246 e.